The number of nitrogens with two attached hydrogens (primary N) is 1. The number of anilines is 1. The smallest absolute Gasteiger partial charge is 0.257 e. The van der Waals surface area contributed by atoms with Gasteiger partial charge in [-0.3, -0.25) is 4.79 Å². The van der Waals surface area contributed by atoms with Crippen LogP contribution < -0.4 is 15.4 Å². The van der Waals surface area contributed by atoms with E-state index in [1.807, 2.05) is 18.7 Å². The van der Waals surface area contributed by atoms with Crippen LogP contribution in [0.15, 0.2) is 12.4 Å². The van der Waals surface area contributed by atoms with Crippen LogP contribution in [0.25, 0.3) is 0 Å². The Morgan fingerprint density at radius 2 is 2.22 bits per heavy atom. The standard InChI is InChI=1S/C12H18N4O2/c1-8(2)18-12-11(14-4-5-15-12)16-6-3-9(7-16)10(13)17/h4-5,8-9H,3,6-7H2,1-2H3,(H2,13,17). The second-order valence-corrected chi connectivity index (χ2v) is 4.69. The molecule has 2 N–H and O–H groups in total. The molecule has 1 aliphatic heterocycles. The molecule has 0 spiro atoms. The van der Waals surface area contributed by atoms with Gasteiger partial charge in [0.1, 0.15) is 0 Å². The molecule has 1 aromatic heterocycles. The molecule has 1 amide bonds. The van der Waals surface area contributed by atoms with Crippen molar-refractivity contribution < 1.29 is 9.53 Å². The van der Waals surface area contributed by atoms with Gasteiger partial charge in [0.25, 0.3) is 5.88 Å². The highest BCUT2D eigenvalue weighted by molar-refractivity contribution is 5.78. The molecule has 6 nitrogen and oxygen atoms in total. The van der Waals surface area contributed by atoms with Crippen molar-refractivity contribution in [3.63, 3.8) is 0 Å². The van der Waals surface area contributed by atoms with Gasteiger partial charge < -0.3 is 15.4 Å². The molecule has 0 bridgehead atoms. The van der Waals surface area contributed by atoms with Crippen molar-refractivity contribution in [2.45, 2.75) is 26.4 Å². The molecule has 98 valence electrons. The summed E-state index contributed by atoms with van der Waals surface area (Å²) in [7, 11) is 0. The van der Waals surface area contributed by atoms with Gasteiger partial charge >= 0.3 is 0 Å². The van der Waals surface area contributed by atoms with Gasteiger partial charge in [0.2, 0.25) is 5.91 Å². The van der Waals surface area contributed by atoms with E-state index in [9.17, 15) is 4.79 Å². The molecule has 1 fully saturated rings. The first kappa shape index (κ1) is 12.6. The molecule has 1 aromatic rings. The number of hydrogen-bond acceptors (Lipinski definition) is 5. The monoisotopic (exact) mass is 250 g/mol. The number of carbonyl (C=O) groups excluding carboxylic acids is 1. The Morgan fingerprint density at radius 3 is 2.83 bits per heavy atom. The number of aromatic nitrogens is 2. The Hall–Kier alpha value is -1.85. The lowest BCUT2D eigenvalue weighted by Crippen LogP contribution is -2.28. The summed E-state index contributed by atoms with van der Waals surface area (Å²) in [6, 6.07) is 0. The minimum atomic E-state index is -0.257. The maximum Gasteiger partial charge on any atom is 0.257 e. The first-order chi connectivity index (χ1) is 8.58. The maximum absolute atomic E-state index is 11.2. The lowest BCUT2D eigenvalue weighted by molar-refractivity contribution is -0.121. The fourth-order valence-electron chi connectivity index (χ4n) is 2.03. The Morgan fingerprint density at radius 1 is 1.50 bits per heavy atom. The van der Waals surface area contributed by atoms with Crippen LogP contribution in [-0.4, -0.2) is 35.1 Å². The molecule has 0 saturated carbocycles. The molecule has 18 heavy (non-hydrogen) atoms. The molecule has 0 radical (unpaired) electrons. The van der Waals surface area contributed by atoms with Gasteiger partial charge in [-0.15, -0.1) is 0 Å². The van der Waals surface area contributed by atoms with Crippen LogP contribution in [-0.2, 0) is 4.79 Å². The minimum absolute atomic E-state index is 0.0370. The Labute approximate surface area is 106 Å². The average Bonchev–Trinajstić information content (AvgIpc) is 2.78. The van der Waals surface area contributed by atoms with Crippen LogP contribution in [0.3, 0.4) is 0 Å². The largest absolute Gasteiger partial charge is 0.472 e. The van der Waals surface area contributed by atoms with Crippen molar-refractivity contribution in [1.82, 2.24) is 9.97 Å². The van der Waals surface area contributed by atoms with Gasteiger partial charge in [-0.1, -0.05) is 0 Å². The summed E-state index contributed by atoms with van der Waals surface area (Å²) in [5, 5.41) is 0. The highest BCUT2D eigenvalue weighted by Gasteiger charge is 2.29. The third kappa shape index (κ3) is 2.69. The van der Waals surface area contributed by atoms with Crippen LogP contribution in [0.1, 0.15) is 20.3 Å². The van der Waals surface area contributed by atoms with Crippen LogP contribution in [0, 0.1) is 5.92 Å². The molecule has 2 heterocycles. The number of hydrogen-bond donors (Lipinski definition) is 1. The zero-order valence-electron chi connectivity index (χ0n) is 10.7. The van der Waals surface area contributed by atoms with Crippen LogP contribution >= 0.6 is 0 Å². The summed E-state index contributed by atoms with van der Waals surface area (Å²) in [5.74, 6) is 0.833. The summed E-state index contributed by atoms with van der Waals surface area (Å²) in [6.07, 6.45) is 4.02. The summed E-state index contributed by atoms with van der Waals surface area (Å²) < 4.78 is 5.62. The molecule has 6 heteroatoms. The zero-order valence-corrected chi connectivity index (χ0v) is 10.7. The third-order valence-electron chi connectivity index (χ3n) is 2.88. The van der Waals surface area contributed by atoms with Gasteiger partial charge in [-0.05, 0) is 20.3 Å². The summed E-state index contributed by atoms with van der Waals surface area (Å²) in [6.45, 7) is 5.21. The van der Waals surface area contributed by atoms with Crippen LogP contribution in [0.5, 0.6) is 5.88 Å². The van der Waals surface area contributed by atoms with Gasteiger partial charge in [-0.25, -0.2) is 9.97 Å². The molecule has 1 atom stereocenters. The molecular formula is C12H18N4O2. The Kier molecular flexibility index (Phi) is 3.64. The highest BCUT2D eigenvalue weighted by atomic mass is 16.5. The van der Waals surface area contributed by atoms with E-state index in [0.29, 0.717) is 18.2 Å². The zero-order chi connectivity index (χ0) is 13.1. The first-order valence-corrected chi connectivity index (χ1v) is 6.10. The van der Waals surface area contributed by atoms with Gasteiger partial charge in [-0.2, -0.15) is 0 Å². The van der Waals surface area contributed by atoms with Crippen molar-refractivity contribution in [2.75, 3.05) is 18.0 Å². The number of ether oxygens (including phenoxy) is 1. The predicted octanol–water partition coefficient (Wildman–Crippen LogP) is 0.575. The minimum Gasteiger partial charge on any atom is -0.472 e. The fraction of sp³-hybridized carbons (Fsp3) is 0.583. The van der Waals surface area contributed by atoms with E-state index in [4.69, 9.17) is 10.5 Å². The summed E-state index contributed by atoms with van der Waals surface area (Å²) in [5.41, 5.74) is 5.32. The van der Waals surface area contributed by atoms with Crippen molar-refractivity contribution in [2.24, 2.45) is 11.7 Å². The first-order valence-electron chi connectivity index (χ1n) is 6.10. The van der Waals surface area contributed by atoms with E-state index in [0.717, 1.165) is 13.0 Å². The fourth-order valence-corrected chi connectivity index (χ4v) is 2.03. The van der Waals surface area contributed by atoms with Crippen molar-refractivity contribution in [3.05, 3.63) is 12.4 Å². The van der Waals surface area contributed by atoms with Crippen molar-refractivity contribution in [1.29, 1.82) is 0 Å². The molecule has 2 rings (SSSR count). The second-order valence-electron chi connectivity index (χ2n) is 4.69. The van der Waals surface area contributed by atoms with E-state index < -0.39 is 0 Å². The van der Waals surface area contributed by atoms with E-state index in [-0.39, 0.29) is 17.9 Å². The van der Waals surface area contributed by atoms with E-state index >= 15 is 0 Å². The van der Waals surface area contributed by atoms with E-state index in [1.54, 1.807) is 12.4 Å². The lowest BCUT2D eigenvalue weighted by atomic mass is 10.1. The maximum atomic E-state index is 11.2. The van der Waals surface area contributed by atoms with Crippen molar-refractivity contribution in [3.8, 4) is 5.88 Å². The quantitative estimate of drug-likeness (QED) is 0.845. The van der Waals surface area contributed by atoms with Crippen LogP contribution in [0.2, 0.25) is 0 Å². The number of primary amides is 1. The van der Waals surface area contributed by atoms with Gasteiger partial charge in [0.15, 0.2) is 5.82 Å². The van der Waals surface area contributed by atoms with Crippen LogP contribution in [0.4, 0.5) is 5.82 Å². The molecule has 0 aromatic carbocycles. The number of rotatable bonds is 4. The normalized spacial score (nSPS) is 19.3. The highest BCUT2D eigenvalue weighted by Crippen LogP contribution is 2.28. The topological polar surface area (TPSA) is 81.3 Å². The second kappa shape index (κ2) is 5.20. The molecule has 0 aliphatic carbocycles. The SMILES string of the molecule is CC(C)Oc1nccnc1N1CCC(C(N)=O)C1. The predicted molar refractivity (Wildman–Crippen MR) is 67.3 cm³/mol. The Bertz CT molecular complexity index is 436. The average molecular weight is 250 g/mol. The van der Waals surface area contributed by atoms with Gasteiger partial charge in [0, 0.05) is 25.5 Å². The number of carbonyl (C=O) groups is 1. The van der Waals surface area contributed by atoms with E-state index in [1.165, 1.54) is 0 Å². The number of nitrogens with zero attached hydrogens (tertiary/aromatic N) is 3. The molecular weight excluding hydrogens is 232 g/mol. The van der Waals surface area contributed by atoms with E-state index in [2.05, 4.69) is 9.97 Å². The van der Waals surface area contributed by atoms with Gasteiger partial charge in [0.05, 0.1) is 12.0 Å². The molecule has 1 unspecified atom stereocenters. The summed E-state index contributed by atoms with van der Waals surface area (Å²) >= 11 is 0. The number of amides is 1. The van der Waals surface area contributed by atoms with Crippen molar-refractivity contribution >= 4 is 11.7 Å². The molecule has 1 aliphatic rings. The lowest BCUT2D eigenvalue weighted by Gasteiger charge is -2.20. The third-order valence-corrected chi connectivity index (χ3v) is 2.88. The molecule has 1 saturated heterocycles. The summed E-state index contributed by atoms with van der Waals surface area (Å²) in [4.78, 5) is 21.7. The Balaban J connectivity index is 2.16.